The number of carbonyl (C=O) groups excluding carboxylic acids is 2. The summed E-state index contributed by atoms with van der Waals surface area (Å²) in [6, 6.07) is 0. The smallest absolute Gasteiger partial charge is 0.222 e. The quantitative estimate of drug-likeness (QED) is 0.555. The first kappa shape index (κ1) is 12.9. The molecule has 2 N–H and O–H groups in total. The Labute approximate surface area is 84.2 Å². The Morgan fingerprint density at radius 2 is 1.93 bits per heavy atom. The highest BCUT2D eigenvalue weighted by molar-refractivity contribution is 5.75. The lowest BCUT2D eigenvalue weighted by atomic mass is 10.4. The van der Waals surface area contributed by atoms with E-state index in [9.17, 15) is 9.59 Å². The van der Waals surface area contributed by atoms with Crippen molar-refractivity contribution in [3.05, 3.63) is 0 Å². The lowest BCUT2D eigenvalue weighted by Crippen LogP contribution is -2.26. The van der Waals surface area contributed by atoms with Gasteiger partial charge >= 0.3 is 0 Å². The number of ether oxygens (including phenoxy) is 1. The van der Waals surface area contributed by atoms with Gasteiger partial charge in [-0.25, -0.2) is 0 Å². The summed E-state index contributed by atoms with van der Waals surface area (Å²) in [7, 11) is 0. The molecule has 0 atom stereocenters. The van der Waals surface area contributed by atoms with E-state index in [0.29, 0.717) is 32.7 Å². The molecule has 82 valence electrons. The van der Waals surface area contributed by atoms with E-state index < -0.39 is 0 Å². The van der Waals surface area contributed by atoms with Crippen molar-refractivity contribution in [2.45, 2.75) is 20.3 Å². The molecule has 0 aromatic carbocycles. The van der Waals surface area contributed by atoms with Gasteiger partial charge in [-0.1, -0.05) is 0 Å². The van der Waals surface area contributed by atoms with Crippen LogP contribution in [0.5, 0.6) is 0 Å². The van der Waals surface area contributed by atoms with Gasteiger partial charge in [-0.2, -0.15) is 0 Å². The highest BCUT2D eigenvalue weighted by Gasteiger charge is 1.98. The maximum absolute atomic E-state index is 10.9. The topological polar surface area (TPSA) is 67.4 Å². The summed E-state index contributed by atoms with van der Waals surface area (Å²) in [5, 5.41) is 5.26. The summed E-state index contributed by atoms with van der Waals surface area (Å²) in [6.07, 6.45) is 0.369. The first-order valence-electron chi connectivity index (χ1n) is 4.75. The molecule has 0 saturated heterocycles. The Bertz CT molecular complexity index is 183. The third-order valence-electron chi connectivity index (χ3n) is 1.47. The lowest BCUT2D eigenvalue weighted by molar-refractivity contribution is -0.122. The van der Waals surface area contributed by atoms with E-state index in [4.69, 9.17) is 4.74 Å². The van der Waals surface area contributed by atoms with Crippen molar-refractivity contribution in [3.63, 3.8) is 0 Å². The molecule has 0 heterocycles. The van der Waals surface area contributed by atoms with Gasteiger partial charge in [0.2, 0.25) is 11.8 Å². The SMILES string of the molecule is CCNC(=O)CCOCCNC(C)=O. The average Bonchev–Trinajstić information content (AvgIpc) is 2.11. The molecule has 5 nitrogen and oxygen atoms in total. The van der Waals surface area contributed by atoms with Crippen LogP contribution in [0.15, 0.2) is 0 Å². The predicted molar refractivity (Wildman–Crippen MR) is 52.8 cm³/mol. The first-order valence-corrected chi connectivity index (χ1v) is 4.75. The summed E-state index contributed by atoms with van der Waals surface area (Å²) in [5.41, 5.74) is 0. The van der Waals surface area contributed by atoms with Crippen molar-refractivity contribution in [2.24, 2.45) is 0 Å². The largest absolute Gasteiger partial charge is 0.379 e. The molecule has 0 aromatic heterocycles. The van der Waals surface area contributed by atoms with E-state index in [-0.39, 0.29) is 11.8 Å². The predicted octanol–water partition coefficient (Wildman–Crippen LogP) is -0.335. The number of carbonyl (C=O) groups is 2. The minimum absolute atomic E-state index is 0.00738. The highest BCUT2D eigenvalue weighted by Crippen LogP contribution is 1.82. The first-order chi connectivity index (χ1) is 6.66. The molecular formula is C9H18N2O3. The molecule has 14 heavy (non-hydrogen) atoms. The fourth-order valence-corrected chi connectivity index (χ4v) is 0.852. The van der Waals surface area contributed by atoms with E-state index >= 15 is 0 Å². The maximum Gasteiger partial charge on any atom is 0.222 e. The van der Waals surface area contributed by atoms with Crippen LogP contribution >= 0.6 is 0 Å². The van der Waals surface area contributed by atoms with Gasteiger partial charge in [-0.3, -0.25) is 9.59 Å². The van der Waals surface area contributed by atoms with Crippen LogP contribution in [0.3, 0.4) is 0 Å². The Kier molecular flexibility index (Phi) is 7.83. The minimum Gasteiger partial charge on any atom is -0.379 e. The van der Waals surface area contributed by atoms with Crippen LogP contribution in [0.25, 0.3) is 0 Å². The zero-order valence-corrected chi connectivity index (χ0v) is 8.76. The van der Waals surface area contributed by atoms with Crippen LogP contribution in [-0.4, -0.2) is 38.1 Å². The van der Waals surface area contributed by atoms with Gasteiger partial charge in [0.05, 0.1) is 13.2 Å². The van der Waals surface area contributed by atoms with Gasteiger partial charge < -0.3 is 15.4 Å². The molecule has 0 aliphatic carbocycles. The molecule has 0 unspecified atom stereocenters. The molecule has 0 aliphatic heterocycles. The molecule has 2 amide bonds. The van der Waals surface area contributed by atoms with Gasteiger partial charge in [0.25, 0.3) is 0 Å². The van der Waals surface area contributed by atoms with Crippen LogP contribution in [0.2, 0.25) is 0 Å². The molecule has 0 radical (unpaired) electrons. The van der Waals surface area contributed by atoms with Crippen LogP contribution in [-0.2, 0) is 14.3 Å². The summed E-state index contributed by atoms with van der Waals surface area (Å²) in [6.45, 7) is 5.30. The van der Waals surface area contributed by atoms with Gasteiger partial charge in [0, 0.05) is 26.4 Å². The number of nitrogens with one attached hydrogen (secondary N) is 2. The van der Waals surface area contributed by atoms with Gasteiger partial charge in [0.1, 0.15) is 0 Å². The molecular weight excluding hydrogens is 184 g/mol. The normalized spacial score (nSPS) is 9.57. The zero-order chi connectivity index (χ0) is 10.8. The maximum atomic E-state index is 10.9. The second-order valence-corrected chi connectivity index (χ2v) is 2.80. The van der Waals surface area contributed by atoms with E-state index in [1.807, 2.05) is 6.92 Å². The van der Waals surface area contributed by atoms with Crippen LogP contribution < -0.4 is 10.6 Å². The minimum atomic E-state index is -0.0719. The number of hydrogen-bond donors (Lipinski definition) is 2. The van der Waals surface area contributed by atoms with Crippen molar-refractivity contribution < 1.29 is 14.3 Å². The summed E-state index contributed by atoms with van der Waals surface area (Å²) >= 11 is 0. The molecule has 0 bridgehead atoms. The van der Waals surface area contributed by atoms with Crippen molar-refractivity contribution in [3.8, 4) is 0 Å². The Morgan fingerprint density at radius 1 is 1.21 bits per heavy atom. The Morgan fingerprint density at radius 3 is 2.50 bits per heavy atom. The molecule has 0 aromatic rings. The molecule has 0 aliphatic rings. The third-order valence-corrected chi connectivity index (χ3v) is 1.47. The molecule has 0 fully saturated rings. The zero-order valence-electron chi connectivity index (χ0n) is 8.76. The van der Waals surface area contributed by atoms with Crippen molar-refractivity contribution >= 4 is 11.8 Å². The van der Waals surface area contributed by atoms with Crippen LogP contribution in [0, 0.1) is 0 Å². The second-order valence-electron chi connectivity index (χ2n) is 2.80. The number of amides is 2. The fourth-order valence-electron chi connectivity index (χ4n) is 0.852. The standard InChI is InChI=1S/C9H18N2O3/c1-3-10-9(13)4-6-14-7-5-11-8(2)12/h3-7H2,1-2H3,(H,10,13)(H,11,12). The van der Waals surface area contributed by atoms with Crippen molar-refractivity contribution in [1.29, 1.82) is 0 Å². The van der Waals surface area contributed by atoms with Crippen LogP contribution in [0.4, 0.5) is 0 Å². The van der Waals surface area contributed by atoms with Gasteiger partial charge in [-0.15, -0.1) is 0 Å². The highest BCUT2D eigenvalue weighted by atomic mass is 16.5. The van der Waals surface area contributed by atoms with Gasteiger partial charge in [0.15, 0.2) is 0 Å². The Hall–Kier alpha value is -1.10. The summed E-state index contributed by atoms with van der Waals surface area (Å²) < 4.78 is 5.13. The average molecular weight is 202 g/mol. The molecule has 0 rings (SSSR count). The number of hydrogen-bond acceptors (Lipinski definition) is 3. The number of rotatable bonds is 7. The summed E-state index contributed by atoms with van der Waals surface area (Å²) in [4.78, 5) is 21.4. The van der Waals surface area contributed by atoms with E-state index in [1.54, 1.807) is 0 Å². The van der Waals surface area contributed by atoms with E-state index in [1.165, 1.54) is 6.92 Å². The monoisotopic (exact) mass is 202 g/mol. The molecule has 0 saturated carbocycles. The Balaban J connectivity index is 3.13. The van der Waals surface area contributed by atoms with E-state index in [2.05, 4.69) is 10.6 Å². The summed E-state index contributed by atoms with van der Waals surface area (Å²) in [5.74, 6) is -0.0793. The van der Waals surface area contributed by atoms with E-state index in [0.717, 1.165) is 0 Å². The third kappa shape index (κ3) is 8.99. The van der Waals surface area contributed by atoms with Crippen LogP contribution in [0.1, 0.15) is 20.3 Å². The second kappa shape index (κ2) is 8.50. The molecule has 0 spiro atoms. The lowest BCUT2D eigenvalue weighted by Gasteiger charge is -2.04. The fraction of sp³-hybridized carbons (Fsp3) is 0.778. The van der Waals surface area contributed by atoms with Gasteiger partial charge in [-0.05, 0) is 6.92 Å². The molecule has 5 heteroatoms. The van der Waals surface area contributed by atoms with Crippen molar-refractivity contribution in [2.75, 3.05) is 26.3 Å². The van der Waals surface area contributed by atoms with Crippen molar-refractivity contribution in [1.82, 2.24) is 10.6 Å².